The van der Waals surface area contributed by atoms with E-state index in [2.05, 4.69) is 147 Å². The fraction of sp³-hybridized carbons (Fsp3) is 0.362. The molecule has 0 saturated heterocycles. The summed E-state index contributed by atoms with van der Waals surface area (Å²) in [6.07, 6.45) is 8.94. The molecule has 0 spiro atoms. The highest BCUT2D eigenvalue weighted by atomic mass is 16.1. The Bertz CT molecular complexity index is 1650. The van der Waals surface area contributed by atoms with Gasteiger partial charge in [0.2, 0.25) is 0 Å². The van der Waals surface area contributed by atoms with E-state index < -0.39 is 0 Å². The Kier molecular flexibility index (Phi) is 17.6. The molecule has 0 amide bonds. The Balaban J connectivity index is 0.00000182. The molecule has 3 aromatic rings. The molecule has 3 aromatic carbocycles. The van der Waals surface area contributed by atoms with Crippen LogP contribution in [0.25, 0.3) is 12.2 Å². The fourth-order valence-electron chi connectivity index (χ4n) is 6.22. The van der Waals surface area contributed by atoms with E-state index >= 15 is 0 Å². The molecule has 1 heteroatoms. The van der Waals surface area contributed by atoms with Crippen LogP contribution in [0.1, 0.15) is 118 Å². The zero-order valence-corrected chi connectivity index (χ0v) is 32.2. The van der Waals surface area contributed by atoms with Crippen LogP contribution in [0.3, 0.4) is 0 Å². The van der Waals surface area contributed by atoms with Crippen molar-refractivity contribution in [1.29, 1.82) is 0 Å². The highest BCUT2D eigenvalue weighted by Crippen LogP contribution is 2.47. The summed E-state index contributed by atoms with van der Waals surface area (Å²) in [6, 6.07) is 21.2. The number of hydrogen-bond acceptors (Lipinski definition) is 1. The lowest BCUT2D eigenvalue weighted by molar-refractivity contribution is 0.0981. The number of carbonyl (C=O) groups excluding carboxylic acids is 1. The first-order chi connectivity index (χ1) is 22.9. The topological polar surface area (TPSA) is 17.1 Å². The molecular weight excluding hydrogens is 581 g/mol. The molecule has 1 unspecified atom stereocenters. The molecule has 1 atom stereocenters. The Labute approximate surface area is 294 Å². The Hall–Kier alpha value is -4.19. The van der Waals surface area contributed by atoms with Crippen LogP contribution in [0.15, 0.2) is 115 Å². The van der Waals surface area contributed by atoms with E-state index in [-0.39, 0.29) is 17.1 Å². The second-order valence-electron chi connectivity index (χ2n) is 12.6. The van der Waals surface area contributed by atoms with Crippen molar-refractivity contribution in [2.75, 3.05) is 0 Å². The third-order valence-electron chi connectivity index (χ3n) is 9.38. The van der Waals surface area contributed by atoms with Gasteiger partial charge in [-0.2, -0.15) is 0 Å². The number of rotatable bonds is 10. The monoisotopic (exact) mass is 642 g/mol. The predicted octanol–water partition coefficient (Wildman–Crippen LogP) is 13.8. The quantitative estimate of drug-likeness (QED) is 0.0931. The maximum Gasteiger partial charge on any atom is 0.163 e. The van der Waals surface area contributed by atoms with E-state index in [1.54, 1.807) is 0 Å². The van der Waals surface area contributed by atoms with Gasteiger partial charge in [-0.15, -0.1) is 18.9 Å². The number of aryl methyl sites for hydroxylation is 4. The van der Waals surface area contributed by atoms with Crippen LogP contribution in [0, 0.1) is 39.0 Å². The molecule has 0 fully saturated rings. The summed E-state index contributed by atoms with van der Waals surface area (Å²) in [7, 11) is 0. The van der Waals surface area contributed by atoms with Gasteiger partial charge in [-0.1, -0.05) is 139 Å². The molecule has 0 radical (unpaired) electrons. The number of Topliss-reactive ketones (excluding diaryl/α,β-unsaturated/α-hetero) is 1. The summed E-state index contributed by atoms with van der Waals surface area (Å²) in [4.78, 5) is 13.3. The largest absolute Gasteiger partial charge is 0.294 e. The minimum absolute atomic E-state index is 0.109. The minimum atomic E-state index is -0.109. The molecule has 0 bridgehead atoms. The Morgan fingerprint density at radius 2 is 1.42 bits per heavy atom. The van der Waals surface area contributed by atoms with Gasteiger partial charge in [0.15, 0.2) is 5.78 Å². The van der Waals surface area contributed by atoms with Crippen molar-refractivity contribution >= 4 is 17.9 Å². The summed E-state index contributed by atoms with van der Waals surface area (Å²) in [5.41, 5.74) is 17.7. The predicted molar refractivity (Wildman–Crippen MR) is 215 cm³/mol. The molecule has 1 aliphatic carbocycles. The van der Waals surface area contributed by atoms with Crippen LogP contribution >= 0.6 is 0 Å². The standard InChI is InChI=1S/C41H46O.2C2H6.C2H4/c1-10-36(31(6)24-34-18-14-15-27(2)37(34)21-19-33-16-12-11-13-17-33)39-26-35(41(8,9)32(39)7)20-22-40(42)38-25-29(4)28(3)23-30(38)5;3*1-2/h11-19,21,23,25-26,31H,1,20,22,24H2,2-9H3;2*1-2H3;1-2H2. The van der Waals surface area contributed by atoms with Crippen molar-refractivity contribution in [3.63, 3.8) is 0 Å². The number of ketones is 1. The zero-order chi connectivity index (χ0) is 36.6. The molecule has 1 nitrogen and oxygen atoms in total. The second kappa shape index (κ2) is 20.2. The highest BCUT2D eigenvalue weighted by Gasteiger charge is 2.34. The van der Waals surface area contributed by atoms with Crippen LogP contribution in [0.2, 0.25) is 0 Å². The van der Waals surface area contributed by atoms with Crippen molar-refractivity contribution in [1.82, 2.24) is 0 Å². The van der Waals surface area contributed by atoms with Gasteiger partial charge in [0.05, 0.1) is 0 Å². The van der Waals surface area contributed by atoms with Gasteiger partial charge in [-0.3, -0.25) is 4.79 Å². The number of hydrogen-bond donors (Lipinski definition) is 0. The summed E-state index contributed by atoms with van der Waals surface area (Å²) in [6.45, 7) is 35.6. The minimum Gasteiger partial charge on any atom is -0.294 e. The maximum atomic E-state index is 13.3. The fourth-order valence-corrected chi connectivity index (χ4v) is 6.22. The summed E-state index contributed by atoms with van der Waals surface area (Å²) in [5, 5.41) is 0. The first kappa shape index (κ1) is 41.8. The maximum absolute atomic E-state index is 13.3. The molecule has 256 valence electrons. The normalized spacial score (nSPS) is 13.5. The Morgan fingerprint density at radius 1 is 0.812 bits per heavy atom. The van der Waals surface area contributed by atoms with Crippen molar-refractivity contribution < 1.29 is 4.79 Å². The Morgan fingerprint density at radius 3 is 2.02 bits per heavy atom. The lowest BCUT2D eigenvalue weighted by atomic mass is 9.78. The molecule has 0 aromatic heterocycles. The van der Waals surface area contributed by atoms with E-state index in [1.807, 2.05) is 40.7 Å². The van der Waals surface area contributed by atoms with E-state index in [0.717, 1.165) is 29.5 Å². The molecule has 0 N–H and O–H groups in total. The molecular formula is C47H62O. The second-order valence-corrected chi connectivity index (χ2v) is 12.6. The van der Waals surface area contributed by atoms with Crippen molar-refractivity contribution in [3.05, 3.63) is 159 Å². The highest BCUT2D eigenvalue weighted by molar-refractivity contribution is 5.98. The third-order valence-corrected chi connectivity index (χ3v) is 9.38. The van der Waals surface area contributed by atoms with E-state index in [4.69, 9.17) is 0 Å². The van der Waals surface area contributed by atoms with Crippen LogP contribution in [0.4, 0.5) is 0 Å². The van der Waals surface area contributed by atoms with Crippen LogP contribution in [-0.2, 0) is 6.42 Å². The van der Waals surface area contributed by atoms with Crippen LogP contribution in [-0.4, -0.2) is 5.78 Å². The third kappa shape index (κ3) is 10.4. The first-order valence-electron chi connectivity index (χ1n) is 17.7. The molecule has 1 aliphatic rings. The smallest absolute Gasteiger partial charge is 0.163 e. The first-order valence-corrected chi connectivity index (χ1v) is 17.7. The summed E-state index contributed by atoms with van der Waals surface area (Å²) < 4.78 is 0. The van der Waals surface area contributed by atoms with Gasteiger partial charge in [0, 0.05) is 23.0 Å². The van der Waals surface area contributed by atoms with E-state index in [9.17, 15) is 4.79 Å². The molecule has 0 saturated carbocycles. The zero-order valence-electron chi connectivity index (χ0n) is 32.2. The molecule has 4 rings (SSSR count). The average molecular weight is 643 g/mol. The van der Waals surface area contributed by atoms with Crippen molar-refractivity contribution in [2.45, 2.75) is 102 Å². The van der Waals surface area contributed by atoms with Crippen LogP contribution < -0.4 is 0 Å². The number of carbonyl (C=O) groups is 1. The van der Waals surface area contributed by atoms with Gasteiger partial charge < -0.3 is 0 Å². The van der Waals surface area contributed by atoms with Gasteiger partial charge in [-0.05, 0) is 104 Å². The van der Waals surface area contributed by atoms with Crippen molar-refractivity contribution in [3.8, 4) is 0 Å². The molecule has 48 heavy (non-hydrogen) atoms. The van der Waals surface area contributed by atoms with Gasteiger partial charge in [0.1, 0.15) is 0 Å². The average Bonchev–Trinajstić information content (AvgIpc) is 3.31. The van der Waals surface area contributed by atoms with Gasteiger partial charge in [0.25, 0.3) is 0 Å². The number of benzene rings is 3. The van der Waals surface area contributed by atoms with E-state index in [1.165, 1.54) is 50.1 Å². The van der Waals surface area contributed by atoms with Gasteiger partial charge in [-0.25, -0.2) is 0 Å². The van der Waals surface area contributed by atoms with E-state index in [0.29, 0.717) is 6.42 Å². The van der Waals surface area contributed by atoms with Crippen molar-refractivity contribution in [2.24, 2.45) is 11.3 Å². The summed E-state index contributed by atoms with van der Waals surface area (Å²) in [5.74, 6) is 0.464. The summed E-state index contributed by atoms with van der Waals surface area (Å²) >= 11 is 0. The van der Waals surface area contributed by atoms with Crippen LogP contribution in [0.5, 0.6) is 0 Å². The van der Waals surface area contributed by atoms with Gasteiger partial charge >= 0.3 is 0 Å². The molecule has 0 heterocycles. The molecule has 0 aliphatic heterocycles. The SMILES string of the molecule is C=C.C=C=C(C1=C(C)C(C)(C)C(CCC(=O)c2cc(C)c(C)cc2C)=C1)C(C)Cc1cccc(C)c1C=Cc1ccccc1.CC.CC. The number of allylic oxidation sites excluding steroid dienone is 5. The lowest BCUT2D eigenvalue weighted by Gasteiger charge is -2.26. The lowest BCUT2D eigenvalue weighted by Crippen LogP contribution is -2.15.